The predicted molar refractivity (Wildman–Crippen MR) is 128 cm³/mol. The van der Waals surface area contributed by atoms with Crippen LogP contribution in [0.2, 0.25) is 0 Å². The molecule has 3 aliphatic rings. The van der Waals surface area contributed by atoms with E-state index in [4.69, 9.17) is 9.84 Å². The van der Waals surface area contributed by atoms with Gasteiger partial charge in [-0.15, -0.1) is 11.3 Å². The van der Waals surface area contributed by atoms with E-state index in [0.29, 0.717) is 18.3 Å². The van der Waals surface area contributed by atoms with Crippen molar-refractivity contribution in [2.75, 3.05) is 7.11 Å². The van der Waals surface area contributed by atoms with E-state index in [0.717, 1.165) is 46.6 Å². The fraction of sp³-hybridized carbons (Fsp3) is 0.538. The van der Waals surface area contributed by atoms with Gasteiger partial charge in [-0.3, -0.25) is 9.59 Å². The second-order valence-corrected chi connectivity index (χ2v) is 10.8. The van der Waals surface area contributed by atoms with Crippen molar-refractivity contribution in [3.63, 3.8) is 0 Å². The summed E-state index contributed by atoms with van der Waals surface area (Å²) < 4.78 is 6.45. The van der Waals surface area contributed by atoms with Gasteiger partial charge in [0.2, 0.25) is 0 Å². The van der Waals surface area contributed by atoms with Crippen LogP contribution in [0.1, 0.15) is 62.7 Å². The number of nitrogens with one attached hydrogen (secondary N) is 1. The molecule has 1 unspecified atom stereocenters. The van der Waals surface area contributed by atoms with Crippen LogP contribution in [0.15, 0.2) is 35.7 Å². The smallest absolute Gasteiger partial charge is 0.303 e. The summed E-state index contributed by atoms with van der Waals surface area (Å²) in [6, 6.07) is 6.04. The molecule has 1 heterocycles. The molecule has 0 radical (unpaired) electrons. The third kappa shape index (κ3) is 4.42. The number of carbonyl (C=O) groups excluding carboxylic acids is 1. The number of benzene rings is 1. The van der Waals surface area contributed by atoms with Gasteiger partial charge in [0.1, 0.15) is 5.75 Å². The molecule has 0 spiro atoms. The predicted octanol–water partition coefficient (Wildman–Crippen LogP) is 5.89. The third-order valence-corrected chi connectivity index (χ3v) is 8.73. The minimum atomic E-state index is -0.741. The van der Waals surface area contributed by atoms with E-state index in [1.807, 2.05) is 23.6 Å². The Morgan fingerprint density at radius 1 is 1.28 bits per heavy atom. The molecule has 3 saturated carbocycles. The number of carboxylic acid groups (broad SMARTS) is 1. The summed E-state index contributed by atoms with van der Waals surface area (Å²) >= 11 is 1.59. The normalized spacial score (nSPS) is 26.1. The zero-order chi connectivity index (χ0) is 22.9. The van der Waals surface area contributed by atoms with E-state index in [2.05, 4.69) is 31.3 Å². The van der Waals surface area contributed by atoms with Gasteiger partial charge in [-0.25, -0.2) is 0 Å². The lowest BCUT2D eigenvalue weighted by molar-refractivity contribution is -0.137. The van der Waals surface area contributed by atoms with Crippen molar-refractivity contribution in [3.8, 4) is 5.75 Å². The van der Waals surface area contributed by atoms with Gasteiger partial charge in [-0.2, -0.15) is 0 Å². The minimum absolute atomic E-state index is 0.00564. The van der Waals surface area contributed by atoms with Crippen molar-refractivity contribution in [1.29, 1.82) is 0 Å². The Hall–Kier alpha value is -2.34. The highest BCUT2D eigenvalue weighted by Gasteiger charge is 2.57. The van der Waals surface area contributed by atoms with Gasteiger partial charge in [0, 0.05) is 27.9 Å². The summed E-state index contributed by atoms with van der Waals surface area (Å²) in [5, 5.41) is 15.1. The Labute approximate surface area is 193 Å². The number of allylic oxidation sites excluding steroid dienone is 2. The highest BCUT2D eigenvalue weighted by molar-refractivity contribution is 7.17. The van der Waals surface area contributed by atoms with Gasteiger partial charge in [-0.05, 0) is 73.5 Å². The van der Waals surface area contributed by atoms with Gasteiger partial charge in [0.05, 0.1) is 12.7 Å². The first-order chi connectivity index (χ1) is 15.3. The molecule has 4 atom stereocenters. The Balaban J connectivity index is 1.47. The first-order valence-corrected chi connectivity index (χ1v) is 12.4. The Morgan fingerprint density at radius 3 is 2.81 bits per heavy atom. The zero-order valence-electron chi connectivity index (χ0n) is 19.1. The van der Waals surface area contributed by atoms with E-state index in [1.165, 1.54) is 6.42 Å². The van der Waals surface area contributed by atoms with Crippen molar-refractivity contribution >= 4 is 33.3 Å². The first-order valence-electron chi connectivity index (χ1n) is 11.5. The maximum atomic E-state index is 13.4. The number of unbranched alkanes of at least 4 members (excludes halogenated alkanes) is 1. The average molecular weight is 456 g/mol. The van der Waals surface area contributed by atoms with Crippen molar-refractivity contribution < 1.29 is 19.4 Å². The minimum Gasteiger partial charge on any atom is -0.497 e. The molecule has 2 aromatic rings. The highest BCUT2D eigenvalue weighted by Crippen LogP contribution is 2.61. The van der Waals surface area contributed by atoms with Gasteiger partial charge >= 0.3 is 5.97 Å². The van der Waals surface area contributed by atoms with Crippen LogP contribution in [0, 0.1) is 23.2 Å². The van der Waals surface area contributed by atoms with E-state index in [1.54, 1.807) is 18.4 Å². The maximum absolute atomic E-state index is 13.4. The molecule has 0 aliphatic heterocycles. The number of thiophene rings is 1. The van der Waals surface area contributed by atoms with E-state index < -0.39 is 5.97 Å². The SMILES string of the molecule is COc1ccc2scc(C(=O)NC3[C@@H](CC=CCCCC(=O)O)C[C@H]4C[C@@H]3C4(C)C)c2c1. The summed E-state index contributed by atoms with van der Waals surface area (Å²) in [5.74, 6) is 1.66. The number of carboxylic acids is 1. The number of aliphatic carboxylic acids is 1. The maximum Gasteiger partial charge on any atom is 0.303 e. The Kier molecular flexibility index (Phi) is 6.61. The molecule has 2 bridgehead atoms. The van der Waals surface area contributed by atoms with E-state index >= 15 is 0 Å². The fourth-order valence-electron chi connectivity index (χ4n) is 5.67. The zero-order valence-corrected chi connectivity index (χ0v) is 19.9. The summed E-state index contributed by atoms with van der Waals surface area (Å²) in [4.78, 5) is 24.0. The second-order valence-electron chi connectivity index (χ2n) is 9.86. The van der Waals surface area contributed by atoms with Gasteiger partial charge in [0.25, 0.3) is 5.91 Å². The summed E-state index contributed by atoms with van der Waals surface area (Å²) in [7, 11) is 1.64. The molecule has 1 aromatic carbocycles. The largest absolute Gasteiger partial charge is 0.497 e. The van der Waals surface area contributed by atoms with Crippen LogP contribution in [-0.4, -0.2) is 30.1 Å². The number of carbonyl (C=O) groups is 2. The van der Waals surface area contributed by atoms with Gasteiger partial charge < -0.3 is 15.2 Å². The molecular weight excluding hydrogens is 422 g/mol. The first kappa shape index (κ1) is 22.8. The standard InChI is InChI=1S/C26H33NO4S/c1-26(2)17-12-16(8-6-4-5-7-9-23(28)29)24(21(26)13-17)27-25(30)20-15-32-22-11-10-18(31-3)14-19(20)22/h4,6,10-11,14-17,21,24H,5,7-9,12-13H2,1-3H3,(H,27,30)(H,28,29)/t16-,17-,21-,24?/m0/s1. The molecule has 0 saturated heterocycles. The van der Waals surface area contributed by atoms with Crippen LogP contribution in [0.25, 0.3) is 10.1 Å². The van der Waals surface area contributed by atoms with Crippen molar-refractivity contribution in [1.82, 2.24) is 5.32 Å². The topological polar surface area (TPSA) is 75.6 Å². The molecule has 5 rings (SSSR count). The monoisotopic (exact) mass is 455 g/mol. The lowest BCUT2D eigenvalue weighted by Gasteiger charge is -2.62. The summed E-state index contributed by atoms with van der Waals surface area (Å²) in [5.41, 5.74) is 0.991. The number of amides is 1. The van der Waals surface area contributed by atoms with Gasteiger partial charge in [0.15, 0.2) is 0 Å². The quantitative estimate of drug-likeness (QED) is 0.365. The second kappa shape index (κ2) is 9.26. The molecular formula is C26H33NO4S. The molecule has 32 heavy (non-hydrogen) atoms. The Bertz CT molecular complexity index is 1020. The van der Waals surface area contributed by atoms with Crippen LogP contribution < -0.4 is 10.1 Å². The third-order valence-electron chi connectivity index (χ3n) is 7.76. The van der Waals surface area contributed by atoms with E-state index in [-0.39, 0.29) is 23.8 Å². The van der Waals surface area contributed by atoms with Crippen molar-refractivity contribution in [3.05, 3.63) is 41.3 Å². The van der Waals surface area contributed by atoms with Crippen LogP contribution in [0.5, 0.6) is 5.75 Å². The number of fused-ring (bicyclic) bond motifs is 3. The molecule has 3 fully saturated rings. The number of ether oxygens (including phenoxy) is 1. The molecule has 172 valence electrons. The van der Waals surface area contributed by atoms with E-state index in [9.17, 15) is 9.59 Å². The van der Waals surface area contributed by atoms with Crippen LogP contribution in [0.4, 0.5) is 0 Å². The van der Waals surface area contributed by atoms with Crippen molar-refractivity contribution in [2.24, 2.45) is 23.2 Å². The lowest BCUT2D eigenvalue weighted by atomic mass is 9.44. The molecule has 5 nitrogen and oxygen atoms in total. The van der Waals surface area contributed by atoms with Crippen LogP contribution in [0.3, 0.4) is 0 Å². The summed E-state index contributed by atoms with van der Waals surface area (Å²) in [6.45, 7) is 4.68. The molecule has 2 N–H and O–H groups in total. The molecule has 3 aliphatic carbocycles. The summed E-state index contributed by atoms with van der Waals surface area (Å²) in [6.07, 6.45) is 9.21. The molecule has 1 aromatic heterocycles. The molecule has 6 heteroatoms. The fourth-order valence-corrected chi connectivity index (χ4v) is 6.59. The Morgan fingerprint density at radius 2 is 2.09 bits per heavy atom. The van der Waals surface area contributed by atoms with Crippen LogP contribution in [-0.2, 0) is 4.79 Å². The number of hydrogen-bond donors (Lipinski definition) is 2. The van der Waals surface area contributed by atoms with Gasteiger partial charge in [-0.1, -0.05) is 26.0 Å². The number of methoxy groups -OCH3 is 1. The lowest BCUT2D eigenvalue weighted by Crippen LogP contribution is -2.63. The van der Waals surface area contributed by atoms with Crippen molar-refractivity contribution in [2.45, 2.75) is 58.4 Å². The highest BCUT2D eigenvalue weighted by atomic mass is 32.1. The van der Waals surface area contributed by atoms with Crippen LogP contribution >= 0.6 is 11.3 Å². The number of hydrogen-bond acceptors (Lipinski definition) is 4. The molecule has 1 amide bonds. The average Bonchev–Trinajstić information content (AvgIpc) is 3.19. The number of rotatable bonds is 9.